The number of aryl methyl sites for hydroxylation is 1. The van der Waals surface area contributed by atoms with Crippen LogP contribution in [0, 0.1) is 23.4 Å². The van der Waals surface area contributed by atoms with Gasteiger partial charge in [0.1, 0.15) is 5.82 Å². The van der Waals surface area contributed by atoms with Crippen molar-refractivity contribution in [2.24, 2.45) is 5.92 Å². The van der Waals surface area contributed by atoms with Crippen molar-refractivity contribution in [2.45, 2.75) is 64.9 Å². The van der Waals surface area contributed by atoms with E-state index in [1.807, 2.05) is 0 Å². The fraction of sp³-hybridized carbons (Fsp3) is 0.500. The molecule has 1 heterocycles. The van der Waals surface area contributed by atoms with E-state index in [2.05, 4.69) is 13.8 Å². The molecule has 1 aliphatic rings. The monoisotopic (exact) mass is 390 g/mol. The highest BCUT2D eigenvalue weighted by molar-refractivity contribution is 5.66. The third-order valence-corrected chi connectivity index (χ3v) is 5.80. The summed E-state index contributed by atoms with van der Waals surface area (Å²) in [5, 5.41) is 0. The quantitative estimate of drug-likeness (QED) is 0.448. The van der Waals surface area contributed by atoms with Gasteiger partial charge in [-0.3, -0.25) is 0 Å². The number of hydrogen-bond donors (Lipinski definition) is 0. The molecule has 4 heteroatoms. The van der Waals surface area contributed by atoms with Crippen LogP contribution in [0.2, 0.25) is 0 Å². The van der Waals surface area contributed by atoms with Crippen LogP contribution in [0.1, 0.15) is 69.6 Å². The van der Waals surface area contributed by atoms with E-state index in [1.54, 1.807) is 18.2 Å². The molecule has 0 radical (unpaired) electrons. The second kappa shape index (κ2) is 9.60. The fourth-order valence-corrected chi connectivity index (χ4v) is 3.91. The van der Waals surface area contributed by atoms with Crippen LogP contribution in [0.3, 0.4) is 0 Å². The van der Waals surface area contributed by atoms with Crippen LogP contribution in [0.4, 0.5) is 13.2 Å². The topological polar surface area (TPSA) is 9.23 Å². The van der Waals surface area contributed by atoms with Gasteiger partial charge in [0, 0.05) is 16.7 Å². The molecular weight excluding hydrogens is 361 g/mol. The van der Waals surface area contributed by atoms with Gasteiger partial charge in [-0.25, -0.2) is 13.2 Å². The molecule has 1 aliphatic heterocycles. The standard InChI is InChI=1S/C24H29F3O/c1-3-5-6-7-17-8-10-18(21(25)14-17)19-11-12-20(24(27)23(19)26)22-13-9-16(4-2)15-28-22/h8,10-12,14,16,22H,3-7,9,13,15H2,1-2H3. The van der Waals surface area contributed by atoms with Gasteiger partial charge in [-0.05, 0) is 43.2 Å². The van der Waals surface area contributed by atoms with E-state index in [0.717, 1.165) is 44.1 Å². The summed E-state index contributed by atoms with van der Waals surface area (Å²) in [4.78, 5) is 0. The van der Waals surface area contributed by atoms with Crippen molar-refractivity contribution in [3.05, 3.63) is 58.9 Å². The van der Waals surface area contributed by atoms with Crippen molar-refractivity contribution in [2.75, 3.05) is 6.61 Å². The van der Waals surface area contributed by atoms with Crippen molar-refractivity contribution in [3.8, 4) is 11.1 Å². The highest BCUT2D eigenvalue weighted by Crippen LogP contribution is 2.36. The van der Waals surface area contributed by atoms with Crippen LogP contribution in [0.15, 0.2) is 30.3 Å². The van der Waals surface area contributed by atoms with Crippen LogP contribution >= 0.6 is 0 Å². The van der Waals surface area contributed by atoms with Gasteiger partial charge in [-0.2, -0.15) is 0 Å². The van der Waals surface area contributed by atoms with Crippen LogP contribution in [0.25, 0.3) is 11.1 Å². The van der Waals surface area contributed by atoms with Gasteiger partial charge >= 0.3 is 0 Å². The van der Waals surface area contributed by atoms with E-state index in [4.69, 9.17) is 4.74 Å². The summed E-state index contributed by atoms with van der Waals surface area (Å²) in [6.45, 7) is 4.79. The summed E-state index contributed by atoms with van der Waals surface area (Å²) in [5.41, 5.74) is 1.17. The molecule has 1 fully saturated rings. The minimum absolute atomic E-state index is 0.0406. The first-order chi connectivity index (χ1) is 13.5. The first-order valence-electron chi connectivity index (χ1n) is 10.4. The average Bonchev–Trinajstić information content (AvgIpc) is 2.71. The summed E-state index contributed by atoms with van der Waals surface area (Å²) in [7, 11) is 0. The molecule has 1 nitrogen and oxygen atoms in total. The normalized spacial score (nSPS) is 19.8. The molecule has 0 N–H and O–H groups in total. The lowest BCUT2D eigenvalue weighted by molar-refractivity contribution is -0.0200. The lowest BCUT2D eigenvalue weighted by Gasteiger charge is -2.29. The van der Waals surface area contributed by atoms with Gasteiger partial charge in [0.25, 0.3) is 0 Å². The van der Waals surface area contributed by atoms with Crippen LogP contribution in [-0.2, 0) is 11.2 Å². The summed E-state index contributed by atoms with van der Waals surface area (Å²) in [6, 6.07) is 7.80. The Bertz CT molecular complexity index is 795. The molecule has 0 saturated carbocycles. The van der Waals surface area contributed by atoms with Crippen molar-refractivity contribution < 1.29 is 17.9 Å². The van der Waals surface area contributed by atoms with Crippen molar-refractivity contribution in [3.63, 3.8) is 0 Å². The van der Waals surface area contributed by atoms with Gasteiger partial charge in [-0.15, -0.1) is 0 Å². The SMILES string of the molecule is CCCCCc1ccc(-c2ccc(C3CCC(CC)CO3)c(F)c2F)c(F)c1. The smallest absolute Gasteiger partial charge is 0.167 e. The molecule has 152 valence electrons. The maximum atomic E-state index is 14.8. The summed E-state index contributed by atoms with van der Waals surface area (Å²) in [5.74, 6) is -1.96. The maximum Gasteiger partial charge on any atom is 0.167 e. The Morgan fingerprint density at radius 2 is 1.71 bits per heavy atom. The van der Waals surface area contributed by atoms with Gasteiger partial charge in [0.2, 0.25) is 0 Å². The highest BCUT2D eigenvalue weighted by Gasteiger charge is 2.27. The number of ether oxygens (including phenoxy) is 1. The maximum absolute atomic E-state index is 14.8. The first kappa shape index (κ1) is 20.9. The molecule has 1 saturated heterocycles. The Labute approximate surface area is 165 Å². The average molecular weight is 390 g/mol. The first-order valence-corrected chi connectivity index (χ1v) is 10.4. The van der Waals surface area contributed by atoms with Crippen molar-refractivity contribution in [1.29, 1.82) is 0 Å². The molecule has 3 rings (SSSR count). The molecule has 0 spiro atoms. The van der Waals surface area contributed by atoms with Gasteiger partial charge in [0.05, 0.1) is 12.7 Å². The Hall–Kier alpha value is -1.81. The highest BCUT2D eigenvalue weighted by atomic mass is 19.2. The van der Waals surface area contributed by atoms with E-state index in [9.17, 15) is 13.2 Å². The summed E-state index contributed by atoms with van der Waals surface area (Å²) >= 11 is 0. The van der Waals surface area contributed by atoms with Crippen LogP contribution in [-0.4, -0.2) is 6.61 Å². The van der Waals surface area contributed by atoms with Crippen molar-refractivity contribution in [1.82, 2.24) is 0 Å². The second-order valence-electron chi connectivity index (χ2n) is 7.78. The number of unbranched alkanes of at least 4 members (excludes halogenated alkanes) is 2. The molecule has 0 bridgehead atoms. The lowest BCUT2D eigenvalue weighted by Crippen LogP contribution is -2.21. The molecule has 2 aromatic rings. The Balaban J connectivity index is 1.81. The molecule has 2 aromatic carbocycles. The minimum Gasteiger partial charge on any atom is -0.373 e. The van der Waals surface area contributed by atoms with Gasteiger partial charge < -0.3 is 4.74 Å². The summed E-state index contributed by atoms with van der Waals surface area (Å²) < 4.78 is 49.9. The van der Waals surface area contributed by atoms with E-state index in [-0.39, 0.29) is 16.7 Å². The molecule has 0 aromatic heterocycles. The van der Waals surface area contributed by atoms with E-state index >= 15 is 0 Å². The Morgan fingerprint density at radius 3 is 2.36 bits per heavy atom. The second-order valence-corrected chi connectivity index (χ2v) is 7.78. The van der Waals surface area contributed by atoms with Crippen LogP contribution in [0.5, 0.6) is 0 Å². The fourth-order valence-electron chi connectivity index (χ4n) is 3.91. The number of hydrogen-bond acceptors (Lipinski definition) is 1. The Kier molecular flexibility index (Phi) is 7.17. The van der Waals surface area contributed by atoms with Gasteiger partial charge in [-0.1, -0.05) is 57.4 Å². The predicted molar refractivity (Wildman–Crippen MR) is 107 cm³/mol. The zero-order valence-electron chi connectivity index (χ0n) is 16.7. The largest absolute Gasteiger partial charge is 0.373 e. The summed E-state index contributed by atoms with van der Waals surface area (Å²) in [6.07, 6.45) is 6.18. The van der Waals surface area contributed by atoms with E-state index < -0.39 is 23.6 Å². The molecule has 2 unspecified atom stereocenters. The number of rotatable bonds is 7. The van der Waals surface area contributed by atoms with Gasteiger partial charge in [0.15, 0.2) is 11.6 Å². The predicted octanol–water partition coefficient (Wildman–Crippen LogP) is 7.38. The number of halogens is 3. The zero-order valence-corrected chi connectivity index (χ0v) is 16.7. The Morgan fingerprint density at radius 1 is 0.929 bits per heavy atom. The molecule has 2 atom stereocenters. The molecule has 0 aliphatic carbocycles. The third kappa shape index (κ3) is 4.60. The van der Waals surface area contributed by atoms with E-state index in [1.165, 1.54) is 12.1 Å². The third-order valence-electron chi connectivity index (χ3n) is 5.80. The molecule has 0 amide bonds. The zero-order chi connectivity index (χ0) is 20.1. The lowest BCUT2D eigenvalue weighted by atomic mass is 9.91. The molecular formula is C24H29F3O. The minimum atomic E-state index is -1.00. The molecule has 28 heavy (non-hydrogen) atoms. The van der Waals surface area contributed by atoms with Crippen molar-refractivity contribution >= 4 is 0 Å². The number of benzene rings is 2. The van der Waals surface area contributed by atoms with Crippen LogP contribution < -0.4 is 0 Å². The van der Waals surface area contributed by atoms with E-state index in [0.29, 0.717) is 18.9 Å².